The highest BCUT2D eigenvalue weighted by Crippen LogP contribution is 2.09. The fourth-order valence-electron chi connectivity index (χ4n) is 2.09. The molecule has 1 N–H and O–H groups in total. The minimum atomic E-state index is -0.639. The number of halogens is 1. The predicted octanol–water partition coefficient (Wildman–Crippen LogP) is 2.46. The van der Waals surface area contributed by atoms with Gasteiger partial charge in [0.15, 0.2) is 12.3 Å². The lowest BCUT2D eigenvalue weighted by Crippen LogP contribution is -2.28. The Labute approximate surface area is 143 Å². The van der Waals surface area contributed by atoms with Crippen LogP contribution in [0.1, 0.15) is 16.1 Å². The Morgan fingerprint density at radius 1 is 1.17 bits per heavy atom. The van der Waals surface area contributed by atoms with Crippen molar-refractivity contribution in [1.29, 1.82) is 0 Å². The van der Waals surface area contributed by atoms with E-state index in [9.17, 15) is 9.59 Å². The van der Waals surface area contributed by atoms with Crippen LogP contribution in [0, 0.1) is 0 Å². The van der Waals surface area contributed by atoms with Crippen molar-refractivity contribution < 1.29 is 14.3 Å². The number of carbonyl (C=O) groups is 2. The van der Waals surface area contributed by atoms with Gasteiger partial charge in [-0.1, -0.05) is 29.8 Å². The molecule has 0 atom stereocenters. The van der Waals surface area contributed by atoms with Crippen molar-refractivity contribution in [1.82, 2.24) is 14.7 Å². The van der Waals surface area contributed by atoms with E-state index in [1.54, 1.807) is 35.0 Å². The van der Waals surface area contributed by atoms with Crippen molar-refractivity contribution >= 4 is 29.1 Å². The normalized spacial score (nSPS) is 10.5. The van der Waals surface area contributed by atoms with Gasteiger partial charge in [-0.05, 0) is 29.8 Å². The van der Waals surface area contributed by atoms with Crippen LogP contribution < -0.4 is 5.32 Å². The Balaban J connectivity index is 1.50. The van der Waals surface area contributed by atoms with Gasteiger partial charge in [0.05, 0.1) is 0 Å². The molecule has 0 unspecified atom stereocenters. The maximum Gasteiger partial charge on any atom is 0.359 e. The zero-order chi connectivity index (χ0) is 16.9. The number of esters is 1. The maximum absolute atomic E-state index is 11.9. The predicted molar refractivity (Wildman–Crippen MR) is 88.8 cm³/mol. The zero-order valence-corrected chi connectivity index (χ0v) is 13.4. The molecule has 2 aromatic heterocycles. The molecule has 0 radical (unpaired) electrons. The molecule has 0 spiro atoms. The number of benzene rings is 1. The number of nitrogens with zero attached hydrogens (tertiary/aromatic N) is 2. The van der Waals surface area contributed by atoms with Gasteiger partial charge in [0.25, 0.3) is 5.91 Å². The van der Waals surface area contributed by atoms with Gasteiger partial charge in [-0.15, -0.1) is 0 Å². The lowest BCUT2D eigenvalue weighted by molar-refractivity contribution is -0.124. The van der Waals surface area contributed by atoms with Gasteiger partial charge in [-0.2, -0.15) is 0 Å². The molecule has 6 nitrogen and oxygen atoms in total. The summed E-state index contributed by atoms with van der Waals surface area (Å²) in [7, 11) is 0. The summed E-state index contributed by atoms with van der Waals surface area (Å²) in [5, 5.41) is 3.30. The summed E-state index contributed by atoms with van der Waals surface area (Å²) < 4.78 is 6.68. The van der Waals surface area contributed by atoms with E-state index >= 15 is 0 Å². The summed E-state index contributed by atoms with van der Waals surface area (Å²) >= 11 is 5.79. The lowest BCUT2D eigenvalue weighted by atomic mass is 10.2. The van der Waals surface area contributed by atoms with E-state index in [1.807, 2.05) is 24.3 Å². The molecule has 2 heterocycles. The number of fused-ring (bicyclic) bond motifs is 1. The second-order valence-electron chi connectivity index (χ2n) is 5.07. The standard InChI is InChI=1S/C17H14ClN3O3/c18-13-6-4-12(5-7-13)9-19-16(22)11-24-17(23)14-10-21-8-2-1-3-15(21)20-14/h1-8,10H,9,11H2,(H,19,22). The van der Waals surface area contributed by atoms with Crippen molar-refractivity contribution in [3.63, 3.8) is 0 Å². The summed E-state index contributed by atoms with van der Waals surface area (Å²) in [5.41, 5.74) is 1.70. The molecule has 0 saturated carbocycles. The van der Waals surface area contributed by atoms with Crippen LogP contribution in [0.25, 0.3) is 5.65 Å². The van der Waals surface area contributed by atoms with Crippen LogP contribution in [0.3, 0.4) is 0 Å². The molecular weight excluding hydrogens is 330 g/mol. The second-order valence-corrected chi connectivity index (χ2v) is 5.51. The number of imidazole rings is 1. The Hall–Kier alpha value is -2.86. The number of nitrogens with one attached hydrogen (secondary N) is 1. The van der Waals surface area contributed by atoms with Gasteiger partial charge in [-0.25, -0.2) is 9.78 Å². The molecule has 122 valence electrons. The molecule has 1 aromatic carbocycles. The topological polar surface area (TPSA) is 72.7 Å². The molecule has 0 aliphatic heterocycles. The van der Waals surface area contributed by atoms with Crippen LogP contribution in [0.2, 0.25) is 5.02 Å². The fraction of sp³-hybridized carbons (Fsp3) is 0.118. The first-order valence-electron chi connectivity index (χ1n) is 7.24. The van der Waals surface area contributed by atoms with E-state index in [-0.39, 0.29) is 18.2 Å². The van der Waals surface area contributed by atoms with Gasteiger partial charge < -0.3 is 14.5 Å². The molecule has 3 rings (SSSR count). The van der Waals surface area contributed by atoms with Gasteiger partial charge in [0.2, 0.25) is 0 Å². The van der Waals surface area contributed by atoms with Gasteiger partial charge in [-0.3, -0.25) is 4.79 Å². The summed E-state index contributed by atoms with van der Waals surface area (Å²) in [6.45, 7) is -0.0256. The second kappa shape index (κ2) is 7.14. The number of carbonyl (C=O) groups excluding carboxylic acids is 2. The summed E-state index contributed by atoms with van der Waals surface area (Å²) in [5.74, 6) is -1.03. The molecule has 0 bridgehead atoms. The van der Waals surface area contributed by atoms with E-state index in [2.05, 4.69) is 10.3 Å². The average molecular weight is 344 g/mol. The maximum atomic E-state index is 11.9. The number of amides is 1. The minimum Gasteiger partial charge on any atom is -0.451 e. The molecule has 0 aliphatic rings. The number of rotatable bonds is 5. The molecule has 1 amide bonds. The molecule has 0 aliphatic carbocycles. The third kappa shape index (κ3) is 3.91. The number of hydrogen-bond acceptors (Lipinski definition) is 4. The van der Waals surface area contributed by atoms with E-state index < -0.39 is 5.97 Å². The molecular formula is C17H14ClN3O3. The highest BCUT2D eigenvalue weighted by Gasteiger charge is 2.13. The highest BCUT2D eigenvalue weighted by atomic mass is 35.5. The van der Waals surface area contributed by atoms with Gasteiger partial charge in [0, 0.05) is 24.0 Å². The Morgan fingerprint density at radius 3 is 2.71 bits per heavy atom. The number of aromatic nitrogens is 2. The van der Waals surface area contributed by atoms with Crippen molar-refractivity contribution in [2.24, 2.45) is 0 Å². The summed E-state index contributed by atoms with van der Waals surface area (Å²) in [6, 6.07) is 12.5. The van der Waals surface area contributed by atoms with Gasteiger partial charge in [0.1, 0.15) is 5.65 Å². The first-order valence-corrected chi connectivity index (χ1v) is 7.61. The molecule has 0 saturated heterocycles. The summed E-state index contributed by atoms with van der Waals surface area (Å²) in [4.78, 5) is 27.8. The number of pyridine rings is 1. The van der Waals surface area contributed by atoms with Crippen LogP contribution in [-0.4, -0.2) is 27.9 Å². The molecule has 3 aromatic rings. The monoisotopic (exact) mass is 343 g/mol. The third-order valence-corrected chi connectivity index (χ3v) is 3.56. The Morgan fingerprint density at radius 2 is 1.96 bits per heavy atom. The van der Waals surface area contributed by atoms with Crippen molar-refractivity contribution in [3.8, 4) is 0 Å². The fourth-order valence-corrected chi connectivity index (χ4v) is 2.22. The van der Waals surface area contributed by atoms with Crippen molar-refractivity contribution in [3.05, 3.63) is 71.1 Å². The first-order chi connectivity index (χ1) is 11.6. The smallest absolute Gasteiger partial charge is 0.359 e. The third-order valence-electron chi connectivity index (χ3n) is 3.31. The van der Waals surface area contributed by atoms with E-state index in [1.165, 1.54) is 0 Å². The van der Waals surface area contributed by atoms with Crippen LogP contribution in [-0.2, 0) is 16.1 Å². The molecule has 0 fully saturated rings. The quantitative estimate of drug-likeness (QED) is 0.722. The van der Waals surface area contributed by atoms with Crippen molar-refractivity contribution in [2.75, 3.05) is 6.61 Å². The van der Waals surface area contributed by atoms with Crippen LogP contribution >= 0.6 is 11.6 Å². The highest BCUT2D eigenvalue weighted by molar-refractivity contribution is 6.30. The minimum absolute atomic E-state index is 0.159. The van der Waals surface area contributed by atoms with Crippen LogP contribution in [0.4, 0.5) is 0 Å². The number of ether oxygens (including phenoxy) is 1. The number of hydrogen-bond donors (Lipinski definition) is 1. The lowest BCUT2D eigenvalue weighted by Gasteiger charge is -2.06. The Kier molecular flexibility index (Phi) is 4.77. The Bertz CT molecular complexity index is 841. The average Bonchev–Trinajstić information content (AvgIpc) is 3.03. The van der Waals surface area contributed by atoms with Gasteiger partial charge >= 0.3 is 5.97 Å². The zero-order valence-electron chi connectivity index (χ0n) is 12.6. The molecule has 24 heavy (non-hydrogen) atoms. The van der Waals surface area contributed by atoms with E-state index in [0.717, 1.165) is 5.56 Å². The van der Waals surface area contributed by atoms with E-state index in [0.29, 0.717) is 17.2 Å². The van der Waals surface area contributed by atoms with Crippen LogP contribution in [0.15, 0.2) is 54.9 Å². The SMILES string of the molecule is O=C(COC(=O)c1cn2ccccc2n1)NCc1ccc(Cl)cc1. The van der Waals surface area contributed by atoms with E-state index in [4.69, 9.17) is 16.3 Å². The van der Waals surface area contributed by atoms with Crippen LogP contribution in [0.5, 0.6) is 0 Å². The summed E-state index contributed by atoms with van der Waals surface area (Å²) in [6.07, 6.45) is 3.33. The molecule has 7 heteroatoms. The van der Waals surface area contributed by atoms with Crippen molar-refractivity contribution in [2.45, 2.75) is 6.54 Å². The first kappa shape index (κ1) is 16.0. The largest absolute Gasteiger partial charge is 0.451 e.